The first-order valence-electron chi connectivity index (χ1n) is 16.7. The number of fused-ring (bicyclic) bond motifs is 1. The Kier molecular flexibility index (Phi) is 11.3. The number of aromatic nitrogens is 1. The van der Waals surface area contributed by atoms with E-state index in [-0.39, 0.29) is 27.8 Å². The monoisotopic (exact) mass is 603 g/mol. The van der Waals surface area contributed by atoms with Crippen LogP contribution in [-0.4, -0.2) is 24.2 Å². The largest absolute Gasteiger partial charge is 0.493 e. The van der Waals surface area contributed by atoms with Crippen molar-refractivity contribution in [3.8, 4) is 16.9 Å². The molecule has 1 saturated carbocycles. The molecule has 1 fully saturated rings. The number of ether oxygens (including phenoxy) is 2. The molecule has 2 aromatic heterocycles. The molecular formula is C38H53NO5. The fourth-order valence-corrected chi connectivity index (χ4v) is 6.75. The van der Waals surface area contributed by atoms with Crippen molar-refractivity contribution in [1.29, 1.82) is 0 Å². The van der Waals surface area contributed by atoms with Gasteiger partial charge in [0.1, 0.15) is 5.75 Å². The summed E-state index contributed by atoms with van der Waals surface area (Å²) in [6.07, 6.45) is 17.1. The van der Waals surface area contributed by atoms with Crippen LogP contribution in [0.3, 0.4) is 0 Å². The zero-order valence-corrected chi connectivity index (χ0v) is 27.9. The normalized spacial score (nSPS) is 19.7. The molecule has 2 heterocycles. The Morgan fingerprint density at radius 3 is 2.18 bits per heavy atom. The Labute approximate surface area is 263 Å². The first-order valence-corrected chi connectivity index (χ1v) is 16.7. The molecule has 0 radical (unpaired) electrons. The predicted molar refractivity (Wildman–Crippen MR) is 178 cm³/mol. The van der Waals surface area contributed by atoms with E-state index in [0.717, 1.165) is 54.4 Å². The first kappa shape index (κ1) is 33.7. The summed E-state index contributed by atoms with van der Waals surface area (Å²) in [5, 5.41) is 0.852. The molecule has 1 aliphatic carbocycles. The predicted octanol–water partition coefficient (Wildman–Crippen LogP) is 9.84. The molecule has 2 atom stereocenters. The molecule has 6 heteroatoms. The van der Waals surface area contributed by atoms with Gasteiger partial charge in [0, 0.05) is 11.6 Å². The number of nitrogens with zero attached hydrogens (tertiary/aromatic N) is 1. The van der Waals surface area contributed by atoms with Crippen molar-refractivity contribution in [3.63, 3.8) is 0 Å². The van der Waals surface area contributed by atoms with E-state index in [1.807, 2.05) is 37.3 Å². The molecule has 3 aromatic rings. The second-order valence-corrected chi connectivity index (χ2v) is 14.7. The van der Waals surface area contributed by atoms with E-state index in [2.05, 4.69) is 39.6 Å². The molecule has 0 amide bonds. The summed E-state index contributed by atoms with van der Waals surface area (Å²) in [5.41, 5.74) is 2.53. The maximum absolute atomic E-state index is 12.7. The van der Waals surface area contributed by atoms with Gasteiger partial charge >= 0.3 is 11.6 Å². The molecule has 4 rings (SSSR count). The summed E-state index contributed by atoms with van der Waals surface area (Å²) in [6.45, 7) is 14.3. The van der Waals surface area contributed by atoms with Gasteiger partial charge in [-0.15, -0.1) is 0 Å². The maximum Gasteiger partial charge on any atom is 0.344 e. The minimum absolute atomic E-state index is 0.00788. The number of pyridine rings is 1. The molecule has 0 N–H and O–H groups in total. The van der Waals surface area contributed by atoms with E-state index in [1.165, 1.54) is 44.9 Å². The Balaban J connectivity index is 1.01. The van der Waals surface area contributed by atoms with Crippen LogP contribution in [0.1, 0.15) is 117 Å². The second-order valence-electron chi connectivity index (χ2n) is 14.7. The standard InChI is InChI=1S/C38H53NO5/c1-28-23-29(31-24-30-19-20-39-25-33(30)44-34(31)40)17-18-32(28)42-21-15-13-11-9-7-8-10-12-14-16-22-43-35(41)38(6)27-37(38,5)26-36(2,3)4/h17-20,23-25H,7-16,21-22,26-27H2,1-6H3. The van der Waals surface area contributed by atoms with Gasteiger partial charge in [-0.05, 0) is 85.8 Å². The summed E-state index contributed by atoms with van der Waals surface area (Å²) < 4.78 is 17.2. The van der Waals surface area contributed by atoms with E-state index in [9.17, 15) is 9.59 Å². The molecule has 1 aliphatic rings. The van der Waals surface area contributed by atoms with Gasteiger partial charge in [-0.1, -0.05) is 85.1 Å². The topological polar surface area (TPSA) is 78.6 Å². The van der Waals surface area contributed by atoms with Crippen molar-refractivity contribution in [3.05, 3.63) is 58.7 Å². The van der Waals surface area contributed by atoms with Gasteiger partial charge in [0.15, 0.2) is 5.58 Å². The molecule has 0 saturated heterocycles. The molecular weight excluding hydrogens is 550 g/mol. The molecule has 44 heavy (non-hydrogen) atoms. The SMILES string of the molecule is Cc1cc(-c2cc3ccncc3oc2=O)ccc1OCCCCCCCCCCCCOC(=O)C1(C)CC1(C)CC(C)(C)C. The summed E-state index contributed by atoms with van der Waals surface area (Å²) in [5.74, 6) is 0.868. The lowest BCUT2D eigenvalue weighted by molar-refractivity contribution is -0.151. The third kappa shape index (κ3) is 8.95. The van der Waals surface area contributed by atoms with Gasteiger partial charge < -0.3 is 13.9 Å². The average Bonchev–Trinajstić information content (AvgIpc) is 3.52. The van der Waals surface area contributed by atoms with Crippen LogP contribution in [0.4, 0.5) is 0 Å². The minimum Gasteiger partial charge on any atom is -0.493 e. The smallest absolute Gasteiger partial charge is 0.344 e. The zero-order valence-electron chi connectivity index (χ0n) is 27.9. The van der Waals surface area contributed by atoms with E-state index >= 15 is 0 Å². The van der Waals surface area contributed by atoms with Crippen molar-refractivity contribution >= 4 is 16.9 Å². The molecule has 0 bridgehead atoms. The third-order valence-corrected chi connectivity index (χ3v) is 9.38. The van der Waals surface area contributed by atoms with Crippen molar-refractivity contribution in [2.45, 2.75) is 119 Å². The van der Waals surface area contributed by atoms with Crippen LogP contribution < -0.4 is 10.4 Å². The lowest BCUT2D eigenvalue weighted by atomic mass is 9.79. The van der Waals surface area contributed by atoms with E-state index in [1.54, 1.807) is 12.4 Å². The summed E-state index contributed by atoms with van der Waals surface area (Å²) in [7, 11) is 0. The van der Waals surface area contributed by atoms with Crippen LogP contribution in [0.25, 0.3) is 22.1 Å². The number of rotatable bonds is 17. The fourth-order valence-electron chi connectivity index (χ4n) is 6.75. The molecule has 240 valence electrons. The first-order chi connectivity index (χ1) is 20.9. The number of unbranched alkanes of at least 4 members (excludes halogenated alkanes) is 9. The van der Waals surface area contributed by atoms with Crippen LogP contribution in [0.5, 0.6) is 5.75 Å². The Morgan fingerprint density at radius 1 is 0.909 bits per heavy atom. The van der Waals surface area contributed by atoms with E-state index < -0.39 is 0 Å². The van der Waals surface area contributed by atoms with Crippen LogP contribution in [0, 0.1) is 23.2 Å². The van der Waals surface area contributed by atoms with E-state index in [4.69, 9.17) is 13.9 Å². The number of aryl methyl sites for hydroxylation is 1. The van der Waals surface area contributed by atoms with Crippen LogP contribution >= 0.6 is 0 Å². The molecule has 6 nitrogen and oxygen atoms in total. The Morgan fingerprint density at radius 2 is 1.55 bits per heavy atom. The van der Waals surface area contributed by atoms with Crippen molar-refractivity contribution in [1.82, 2.24) is 4.98 Å². The minimum atomic E-state index is -0.362. The van der Waals surface area contributed by atoms with Crippen molar-refractivity contribution < 1.29 is 18.7 Å². The quantitative estimate of drug-likeness (QED) is 0.113. The number of esters is 1. The molecule has 2 unspecified atom stereocenters. The van der Waals surface area contributed by atoms with Gasteiger partial charge in [-0.3, -0.25) is 9.78 Å². The molecule has 0 spiro atoms. The highest BCUT2D eigenvalue weighted by atomic mass is 16.5. The number of hydrogen-bond acceptors (Lipinski definition) is 6. The summed E-state index contributed by atoms with van der Waals surface area (Å²) in [4.78, 5) is 29.2. The highest BCUT2D eigenvalue weighted by Crippen LogP contribution is 2.68. The lowest BCUT2D eigenvalue weighted by Crippen LogP contribution is -2.25. The number of carbonyl (C=O) groups excluding carboxylic acids is 1. The van der Waals surface area contributed by atoms with Gasteiger partial charge in [0.05, 0.1) is 30.4 Å². The van der Waals surface area contributed by atoms with Crippen LogP contribution in [0.2, 0.25) is 0 Å². The average molecular weight is 604 g/mol. The Hall–Kier alpha value is -3.15. The van der Waals surface area contributed by atoms with Gasteiger partial charge in [0.2, 0.25) is 0 Å². The summed E-state index contributed by atoms with van der Waals surface area (Å²) in [6, 6.07) is 9.55. The van der Waals surface area contributed by atoms with Crippen LogP contribution in [-0.2, 0) is 9.53 Å². The number of carbonyl (C=O) groups is 1. The van der Waals surface area contributed by atoms with Crippen LogP contribution in [0.15, 0.2) is 51.9 Å². The number of benzene rings is 1. The lowest BCUT2D eigenvalue weighted by Gasteiger charge is -2.26. The maximum atomic E-state index is 12.7. The molecule has 0 aliphatic heterocycles. The summed E-state index contributed by atoms with van der Waals surface area (Å²) >= 11 is 0. The van der Waals surface area contributed by atoms with Gasteiger partial charge in [-0.25, -0.2) is 4.79 Å². The van der Waals surface area contributed by atoms with E-state index in [0.29, 0.717) is 24.4 Å². The van der Waals surface area contributed by atoms with Gasteiger partial charge in [-0.2, -0.15) is 0 Å². The number of hydrogen-bond donors (Lipinski definition) is 0. The molecule has 1 aromatic carbocycles. The fraction of sp³-hybridized carbons (Fsp3) is 0.605. The highest BCUT2D eigenvalue weighted by Gasteiger charge is 2.67. The zero-order chi connectivity index (χ0) is 31.8. The highest BCUT2D eigenvalue weighted by molar-refractivity contribution is 5.82. The van der Waals surface area contributed by atoms with Gasteiger partial charge in [0.25, 0.3) is 0 Å². The van der Waals surface area contributed by atoms with Crippen molar-refractivity contribution in [2.24, 2.45) is 16.2 Å². The Bertz CT molecular complexity index is 1450. The third-order valence-electron chi connectivity index (χ3n) is 9.38. The second kappa shape index (κ2) is 14.8. The van der Waals surface area contributed by atoms with Crippen molar-refractivity contribution in [2.75, 3.05) is 13.2 Å².